The van der Waals surface area contributed by atoms with E-state index < -0.39 is 16.1 Å². The number of hydrogen-bond acceptors (Lipinski definition) is 6. The number of hydrogen-bond donors (Lipinski definition) is 1. The summed E-state index contributed by atoms with van der Waals surface area (Å²) in [7, 11) is -2.20. The summed E-state index contributed by atoms with van der Waals surface area (Å²) in [4.78, 5) is 12.5. The molecular weight excluding hydrogens is 460 g/mol. The fourth-order valence-electron chi connectivity index (χ4n) is 3.39. The van der Waals surface area contributed by atoms with Gasteiger partial charge in [-0.2, -0.15) is 0 Å². The highest BCUT2D eigenvalue weighted by atomic mass is 32.2. The van der Waals surface area contributed by atoms with Crippen molar-refractivity contribution in [2.45, 2.75) is 24.4 Å². The van der Waals surface area contributed by atoms with Crippen molar-refractivity contribution in [1.29, 1.82) is 0 Å². The summed E-state index contributed by atoms with van der Waals surface area (Å²) in [5, 5.41) is 0. The highest BCUT2D eigenvalue weighted by Crippen LogP contribution is 2.23. The van der Waals surface area contributed by atoms with Gasteiger partial charge in [0.15, 0.2) is 0 Å². The van der Waals surface area contributed by atoms with Crippen molar-refractivity contribution in [3.63, 3.8) is 0 Å². The smallest absolute Gasteiger partial charge is 0.308 e. The number of ether oxygens (including phenoxy) is 2. The van der Waals surface area contributed by atoms with Crippen LogP contribution in [0.4, 0.5) is 0 Å². The molecule has 3 aromatic carbocycles. The second-order valence-electron chi connectivity index (χ2n) is 7.58. The molecule has 1 aromatic heterocycles. The quantitative estimate of drug-likeness (QED) is 0.390. The Morgan fingerprint density at radius 3 is 2.39 bits per heavy atom. The molecule has 0 spiro atoms. The third kappa shape index (κ3) is 5.44. The summed E-state index contributed by atoms with van der Waals surface area (Å²) in [6.45, 7) is 2.33. The second kappa shape index (κ2) is 9.78. The first-order valence-corrected chi connectivity index (χ1v) is 12.6. The number of benzene rings is 3. The van der Waals surface area contributed by atoms with Gasteiger partial charge in [-0.3, -0.25) is 9.36 Å². The minimum absolute atomic E-state index is 0.111. The molecule has 0 bridgehead atoms. The van der Waals surface area contributed by atoms with E-state index in [2.05, 4.69) is 4.72 Å². The maximum atomic E-state index is 12.9. The van der Waals surface area contributed by atoms with Gasteiger partial charge >= 0.3 is 4.87 Å². The molecule has 1 N–H and O–H groups in total. The van der Waals surface area contributed by atoms with Gasteiger partial charge in [-0.05, 0) is 55.0 Å². The first kappa shape index (κ1) is 23.0. The van der Waals surface area contributed by atoms with E-state index in [1.54, 1.807) is 55.0 Å². The molecule has 0 saturated carbocycles. The highest BCUT2D eigenvalue weighted by molar-refractivity contribution is 7.89. The van der Waals surface area contributed by atoms with Gasteiger partial charge in [0.2, 0.25) is 10.0 Å². The van der Waals surface area contributed by atoms with Gasteiger partial charge in [-0.25, -0.2) is 13.1 Å². The summed E-state index contributed by atoms with van der Waals surface area (Å²) in [5.41, 5.74) is 1.71. The zero-order valence-electron chi connectivity index (χ0n) is 18.2. The normalized spacial score (nSPS) is 12.5. The van der Waals surface area contributed by atoms with Gasteiger partial charge in [-0.15, -0.1) is 0 Å². The molecule has 0 radical (unpaired) electrons. The number of aromatic nitrogens is 1. The van der Waals surface area contributed by atoms with E-state index in [1.165, 1.54) is 6.07 Å². The lowest BCUT2D eigenvalue weighted by atomic mass is 10.2. The molecule has 4 rings (SSSR count). The Hall–Kier alpha value is -3.14. The SMILES string of the molecule is COc1ccc(OCC(C)NS(=O)(=O)c2ccc3c(c2)sc(=O)n3Cc2ccccc2)cc1. The zero-order valence-corrected chi connectivity index (χ0v) is 19.9. The largest absolute Gasteiger partial charge is 0.497 e. The Bertz CT molecular complexity index is 1390. The maximum Gasteiger partial charge on any atom is 0.308 e. The molecule has 0 saturated heterocycles. The number of nitrogens with zero attached hydrogens (tertiary/aromatic N) is 1. The van der Waals surface area contributed by atoms with Crippen LogP contribution < -0.4 is 19.1 Å². The molecule has 0 amide bonds. The van der Waals surface area contributed by atoms with E-state index in [0.29, 0.717) is 28.3 Å². The van der Waals surface area contributed by atoms with Crippen LogP contribution in [0.2, 0.25) is 0 Å². The minimum Gasteiger partial charge on any atom is -0.497 e. The fraction of sp³-hybridized carbons (Fsp3) is 0.208. The van der Waals surface area contributed by atoms with Crippen LogP contribution in [0.5, 0.6) is 11.5 Å². The molecule has 1 unspecified atom stereocenters. The van der Waals surface area contributed by atoms with Crippen LogP contribution in [0.3, 0.4) is 0 Å². The van der Waals surface area contributed by atoms with Crippen LogP contribution in [0.25, 0.3) is 10.2 Å². The van der Waals surface area contributed by atoms with Crippen LogP contribution in [-0.2, 0) is 16.6 Å². The van der Waals surface area contributed by atoms with Crippen LogP contribution in [0.1, 0.15) is 12.5 Å². The van der Waals surface area contributed by atoms with Crippen LogP contribution >= 0.6 is 11.3 Å². The van der Waals surface area contributed by atoms with E-state index in [1.807, 2.05) is 30.3 Å². The van der Waals surface area contributed by atoms with E-state index in [9.17, 15) is 13.2 Å². The van der Waals surface area contributed by atoms with Crippen molar-refractivity contribution in [1.82, 2.24) is 9.29 Å². The monoisotopic (exact) mass is 484 g/mol. The first-order valence-electron chi connectivity index (χ1n) is 10.3. The summed E-state index contributed by atoms with van der Waals surface area (Å²) < 4.78 is 41.5. The molecule has 9 heteroatoms. The molecule has 7 nitrogen and oxygen atoms in total. The summed E-state index contributed by atoms with van der Waals surface area (Å²) in [6, 6.07) is 21.0. The van der Waals surface area contributed by atoms with Crippen LogP contribution in [0, 0.1) is 0 Å². The number of methoxy groups -OCH3 is 1. The van der Waals surface area contributed by atoms with Gasteiger partial charge in [0.25, 0.3) is 0 Å². The Labute approximate surface area is 196 Å². The molecule has 4 aromatic rings. The Balaban J connectivity index is 1.47. The predicted octanol–water partition coefficient (Wildman–Crippen LogP) is 3.87. The average Bonchev–Trinajstić information content (AvgIpc) is 3.12. The average molecular weight is 485 g/mol. The van der Waals surface area contributed by atoms with Gasteiger partial charge < -0.3 is 9.47 Å². The third-order valence-electron chi connectivity index (χ3n) is 5.05. The Morgan fingerprint density at radius 1 is 1.00 bits per heavy atom. The molecule has 0 aliphatic heterocycles. The van der Waals surface area contributed by atoms with Crippen molar-refractivity contribution < 1.29 is 17.9 Å². The predicted molar refractivity (Wildman–Crippen MR) is 130 cm³/mol. The van der Waals surface area contributed by atoms with Crippen molar-refractivity contribution in [3.8, 4) is 11.5 Å². The highest BCUT2D eigenvalue weighted by Gasteiger charge is 2.20. The van der Waals surface area contributed by atoms with Crippen molar-refractivity contribution in [3.05, 3.63) is 88.0 Å². The van der Waals surface area contributed by atoms with Crippen LogP contribution in [-0.4, -0.2) is 32.7 Å². The van der Waals surface area contributed by atoms with E-state index >= 15 is 0 Å². The lowest BCUT2D eigenvalue weighted by Crippen LogP contribution is -2.36. The van der Waals surface area contributed by atoms with E-state index in [4.69, 9.17) is 9.47 Å². The fourth-order valence-corrected chi connectivity index (χ4v) is 5.65. The first-order chi connectivity index (χ1) is 15.9. The molecule has 33 heavy (non-hydrogen) atoms. The molecule has 1 heterocycles. The molecule has 0 aliphatic rings. The minimum atomic E-state index is -3.78. The van der Waals surface area contributed by atoms with Gasteiger partial charge in [0.1, 0.15) is 18.1 Å². The lowest BCUT2D eigenvalue weighted by Gasteiger charge is -2.15. The molecule has 1 atom stereocenters. The van der Waals surface area contributed by atoms with Gasteiger partial charge in [-0.1, -0.05) is 41.7 Å². The van der Waals surface area contributed by atoms with Gasteiger partial charge in [0, 0.05) is 0 Å². The molecule has 172 valence electrons. The maximum absolute atomic E-state index is 12.9. The number of rotatable bonds is 9. The third-order valence-corrected chi connectivity index (χ3v) is 7.58. The lowest BCUT2D eigenvalue weighted by molar-refractivity contribution is 0.287. The topological polar surface area (TPSA) is 86.6 Å². The number of sulfonamides is 1. The summed E-state index contributed by atoms with van der Waals surface area (Å²) in [6.07, 6.45) is 0. The second-order valence-corrected chi connectivity index (χ2v) is 10.3. The van der Waals surface area contributed by atoms with Gasteiger partial charge in [0.05, 0.1) is 34.8 Å². The Morgan fingerprint density at radius 2 is 1.70 bits per heavy atom. The standard InChI is InChI=1S/C24H24N2O5S2/c1-17(16-31-20-10-8-19(30-2)9-11-20)25-33(28,29)21-12-13-22-23(14-21)32-24(27)26(22)15-18-6-4-3-5-7-18/h3-14,17,25H,15-16H2,1-2H3. The van der Waals surface area contributed by atoms with Crippen molar-refractivity contribution in [2.75, 3.05) is 13.7 Å². The van der Waals surface area contributed by atoms with Crippen molar-refractivity contribution >= 4 is 31.6 Å². The molecular formula is C24H24N2O5S2. The number of fused-ring (bicyclic) bond motifs is 1. The Kier molecular flexibility index (Phi) is 6.83. The molecule has 0 aliphatic carbocycles. The zero-order chi connectivity index (χ0) is 23.4. The van der Waals surface area contributed by atoms with Crippen molar-refractivity contribution in [2.24, 2.45) is 0 Å². The summed E-state index contributed by atoms with van der Waals surface area (Å²) >= 11 is 1.04. The number of thiazole rings is 1. The van der Waals surface area contributed by atoms with E-state index in [0.717, 1.165) is 16.9 Å². The van der Waals surface area contributed by atoms with E-state index in [-0.39, 0.29) is 16.4 Å². The number of nitrogens with one attached hydrogen (secondary N) is 1. The molecule has 0 fully saturated rings. The van der Waals surface area contributed by atoms with Crippen LogP contribution in [0.15, 0.2) is 82.5 Å². The summed E-state index contributed by atoms with van der Waals surface area (Å²) in [5.74, 6) is 1.33.